The SMILES string of the molecule is C1CCNCC1.C1CCOCC1.CN1CCCCC1.NC1CCCC1.NC1CCCCC1.NCc1ccccc1. The molecule has 234 valence electrons. The molecule has 6 heteroatoms. The van der Waals surface area contributed by atoms with E-state index in [1.807, 2.05) is 30.3 Å². The third kappa shape index (κ3) is 24.8. The van der Waals surface area contributed by atoms with Gasteiger partial charge in [0.15, 0.2) is 0 Å². The minimum Gasteiger partial charge on any atom is -0.381 e. The van der Waals surface area contributed by atoms with Crippen LogP contribution < -0.4 is 22.5 Å². The Kier molecular flexibility index (Phi) is 26.0. The first-order valence-corrected chi connectivity index (χ1v) is 16.8. The Labute approximate surface area is 248 Å². The molecule has 5 aliphatic rings. The molecule has 0 spiro atoms. The summed E-state index contributed by atoms with van der Waals surface area (Å²) in [6.07, 6.45) is 24.3. The topological polar surface area (TPSA) is 103 Å². The first kappa shape index (κ1) is 37.0. The lowest BCUT2D eigenvalue weighted by Crippen LogP contribution is -2.24. The van der Waals surface area contributed by atoms with Crippen molar-refractivity contribution in [3.05, 3.63) is 35.9 Å². The Morgan fingerprint density at radius 3 is 1.35 bits per heavy atom. The molecule has 3 saturated heterocycles. The highest BCUT2D eigenvalue weighted by atomic mass is 16.5. The van der Waals surface area contributed by atoms with Crippen LogP contribution in [-0.2, 0) is 11.3 Å². The van der Waals surface area contributed by atoms with E-state index in [9.17, 15) is 0 Å². The fourth-order valence-corrected chi connectivity index (χ4v) is 5.25. The van der Waals surface area contributed by atoms with Crippen molar-refractivity contribution < 1.29 is 4.74 Å². The Morgan fingerprint density at radius 1 is 0.650 bits per heavy atom. The highest BCUT2D eigenvalue weighted by molar-refractivity contribution is 5.13. The maximum atomic E-state index is 5.63. The minimum absolute atomic E-state index is 0.536. The summed E-state index contributed by atoms with van der Waals surface area (Å²) in [7, 11) is 2.19. The van der Waals surface area contributed by atoms with Crippen molar-refractivity contribution in [2.75, 3.05) is 46.4 Å². The summed E-state index contributed by atoms with van der Waals surface area (Å²) in [6, 6.07) is 11.1. The molecular weight excluding hydrogens is 494 g/mol. The lowest BCUT2D eigenvalue weighted by molar-refractivity contribution is 0.0968. The molecule has 2 aliphatic carbocycles. The number of hydrogen-bond acceptors (Lipinski definition) is 6. The first-order chi connectivity index (χ1) is 19.6. The van der Waals surface area contributed by atoms with E-state index in [0.29, 0.717) is 18.6 Å². The number of hydrogen-bond donors (Lipinski definition) is 4. The van der Waals surface area contributed by atoms with Crippen LogP contribution in [0.15, 0.2) is 30.3 Å². The summed E-state index contributed by atoms with van der Waals surface area (Å²) < 4.78 is 5.07. The molecule has 0 amide bonds. The highest BCUT2D eigenvalue weighted by Crippen LogP contribution is 2.15. The van der Waals surface area contributed by atoms with Gasteiger partial charge in [-0.05, 0) is 109 Å². The second kappa shape index (κ2) is 28.1. The van der Waals surface area contributed by atoms with Gasteiger partial charge < -0.3 is 32.2 Å². The van der Waals surface area contributed by atoms with Crippen molar-refractivity contribution in [2.45, 2.75) is 134 Å². The largest absolute Gasteiger partial charge is 0.381 e. The van der Waals surface area contributed by atoms with Gasteiger partial charge in [0, 0.05) is 31.8 Å². The average molecular weight is 562 g/mol. The van der Waals surface area contributed by atoms with E-state index in [-0.39, 0.29) is 0 Å². The number of nitrogens with two attached hydrogens (primary N) is 3. The fraction of sp³-hybridized carbons (Fsp3) is 0.824. The van der Waals surface area contributed by atoms with E-state index in [2.05, 4.69) is 17.3 Å². The summed E-state index contributed by atoms with van der Waals surface area (Å²) in [5.74, 6) is 0. The van der Waals surface area contributed by atoms with Crippen LogP contribution in [-0.4, -0.2) is 63.4 Å². The number of piperidine rings is 2. The number of nitrogens with zero attached hydrogens (tertiary/aromatic N) is 1. The molecule has 1 aromatic rings. The van der Waals surface area contributed by atoms with Gasteiger partial charge in [-0.25, -0.2) is 0 Å². The molecule has 1 aromatic carbocycles. The van der Waals surface area contributed by atoms with Crippen LogP contribution >= 0.6 is 0 Å². The number of likely N-dealkylation sites (tertiary alicyclic amines) is 1. The van der Waals surface area contributed by atoms with Gasteiger partial charge >= 0.3 is 0 Å². The van der Waals surface area contributed by atoms with Gasteiger partial charge in [0.05, 0.1) is 0 Å². The zero-order chi connectivity index (χ0) is 28.9. The van der Waals surface area contributed by atoms with Crippen molar-refractivity contribution >= 4 is 0 Å². The summed E-state index contributed by atoms with van der Waals surface area (Å²) in [6.45, 7) is 7.78. The molecule has 3 aliphatic heterocycles. The van der Waals surface area contributed by atoms with Crippen molar-refractivity contribution in [2.24, 2.45) is 17.2 Å². The second-order valence-corrected chi connectivity index (χ2v) is 12.0. The minimum atomic E-state index is 0.536. The number of benzene rings is 1. The highest BCUT2D eigenvalue weighted by Gasteiger charge is 2.08. The third-order valence-electron chi connectivity index (χ3n) is 7.99. The lowest BCUT2D eigenvalue weighted by atomic mass is 9.97. The van der Waals surface area contributed by atoms with Crippen LogP contribution in [0, 0.1) is 0 Å². The van der Waals surface area contributed by atoms with E-state index < -0.39 is 0 Å². The number of ether oxygens (including phenoxy) is 1. The summed E-state index contributed by atoms with van der Waals surface area (Å²) in [4.78, 5) is 2.39. The van der Waals surface area contributed by atoms with Crippen molar-refractivity contribution in [3.8, 4) is 0 Å². The number of rotatable bonds is 1. The molecule has 0 bridgehead atoms. The lowest BCUT2D eigenvalue weighted by Gasteiger charge is -2.20. The molecule has 6 nitrogen and oxygen atoms in total. The number of nitrogens with one attached hydrogen (secondary N) is 1. The van der Waals surface area contributed by atoms with Gasteiger partial charge in [-0.1, -0.05) is 75.3 Å². The zero-order valence-electron chi connectivity index (χ0n) is 26.3. The molecule has 3 heterocycles. The van der Waals surface area contributed by atoms with Crippen molar-refractivity contribution in [1.82, 2.24) is 10.2 Å². The van der Waals surface area contributed by atoms with Crippen LogP contribution in [0.4, 0.5) is 0 Å². The van der Waals surface area contributed by atoms with Crippen molar-refractivity contribution in [1.29, 1.82) is 0 Å². The predicted octanol–water partition coefficient (Wildman–Crippen LogP) is 6.36. The van der Waals surface area contributed by atoms with Crippen LogP contribution in [0.1, 0.15) is 121 Å². The van der Waals surface area contributed by atoms with Crippen LogP contribution in [0.2, 0.25) is 0 Å². The summed E-state index contributed by atoms with van der Waals surface area (Å²) in [5.41, 5.74) is 17.7. The monoisotopic (exact) mass is 562 g/mol. The van der Waals surface area contributed by atoms with E-state index in [4.69, 9.17) is 21.9 Å². The smallest absolute Gasteiger partial charge is 0.0466 e. The molecule has 0 atom stereocenters. The van der Waals surface area contributed by atoms with Gasteiger partial charge in [0.25, 0.3) is 0 Å². The Balaban J connectivity index is 0.000000241. The molecule has 0 aromatic heterocycles. The standard InChI is InChI=1S/C7H9N.2C6H13N.2C5H11N.C5H10O/c8-6-7-4-2-1-3-5-7;1-7-5-3-2-4-6-7;7-6-4-2-1-3-5-6;1-2-4-6-5-3-1;6-5-3-1-2-4-5;1-2-4-6-5-3-1/h1-5H,6,8H2;2-6H2,1H3;6H,1-5,7H2;6H,1-5H2;5H,1-4,6H2;1-5H2. The normalized spacial score (nSPS) is 21.7. The molecule has 0 unspecified atom stereocenters. The molecule has 2 saturated carbocycles. The Bertz CT molecular complexity index is 555. The molecule has 5 fully saturated rings. The first-order valence-electron chi connectivity index (χ1n) is 16.8. The summed E-state index contributed by atoms with van der Waals surface area (Å²) >= 11 is 0. The Morgan fingerprint density at radius 2 is 1.10 bits per heavy atom. The Hall–Kier alpha value is -1.02. The van der Waals surface area contributed by atoms with E-state index in [0.717, 1.165) is 13.2 Å². The van der Waals surface area contributed by atoms with Crippen LogP contribution in [0.3, 0.4) is 0 Å². The summed E-state index contributed by atoms with van der Waals surface area (Å²) in [5, 5.41) is 3.28. The maximum absolute atomic E-state index is 5.63. The quantitative estimate of drug-likeness (QED) is 0.318. The van der Waals surface area contributed by atoms with E-state index in [1.54, 1.807) is 0 Å². The van der Waals surface area contributed by atoms with Gasteiger partial charge in [0.2, 0.25) is 0 Å². The predicted molar refractivity (Wildman–Crippen MR) is 175 cm³/mol. The fourth-order valence-electron chi connectivity index (χ4n) is 5.25. The molecule has 6 rings (SSSR count). The van der Waals surface area contributed by atoms with Crippen LogP contribution in [0.5, 0.6) is 0 Å². The third-order valence-corrected chi connectivity index (χ3v) is 7.99. The maximum Gasteiger partial charge on any atom is 0.0466 e. The van der Waals surface area contributed by atoms with Crippen molar-refractivity contribution in [3.63, 3.8) is 0 Å². The van der Waals surface area contributed by atoms with Gasteiger partial charge in [0.1, 0.15) is 0 Å². The van der Waals surface area contributed by atoms with E-state index >= 15 is 0 Å². The molecule has 7 N–H and O–H groups in total. The average Bonchev–Trinajstić information content (AvgIpc) is 3.52. The second-order valence-electron chi connectivity index (χ2n) is 12.0. The van der Waals surface area contributed by atoms with E-state index in [1.165, 1.54) is 147 Å². The van der Waals surface area contributed by atoms with Crippen LogP contribution in [0.25, 0.3) is 0 Å². The zero-order valence-corrected chi connectivity index (χ0v) is 26.3. The molecular formula is C34H67N5O. The van der Waals surface area contributed by atoms with Gasteiger partial charge in [-0.15, -0.1) is 0 Å². The van der Waals surface area contributed by atoms with Gasteiger partial charge in [-0.2, -0.15) is 0 Å². The molecule has 40 heavy (non-hydrogen) atoms. The molecule has 0 radical (unpaired) electrons. The van der Waals surface area contributed by atoms with Gasteiger partial charge in [-0.3, -0.25) is 0 Å².